The van der Waals surface area contributed by atoms with E-state index in [1.807, 2.05) is 0 Å². The van der Waals surface area contributed by atoms with Crippen molar-refractivity contribution in [2.24, 2.45) is 0 Å². The summed E-state index contributed by atoms with van der Waals surface area (Å²) < 4.78 is 31.6. The average molecular weight is 240 g/mol. The first-order chi connectivity index (χ1) is 7.95. The number of carbonyl (C=O) groups excluding carboxylic acids is 1. The van der Waals surface area contributed by atoms with E-state index in [9.17, 15) is 13.6 Å². The van der Waals surface area contributed by atoms with Gasteiger partial charge in [0.1, 0.15) is 6.07 Å². The number of esters is 1. The molecule has 1 aromatic rings. The Balaban J connectivity index is 3.25. The number of ether oxygens (including phenoxy) is 1. The Bertz CT molecular complexity index is 481. The van der Waals surface area contributed by atoms with Crippen molar-refractivity contribution in [3.63, 3.8) is 0 Å². The fourth-order valence-electron chi connectivity index (χ4n) is 1.27. The van der Waals surface area contributed by atoms with Crippen molar-refractivity contribution in [1.82, 2.24) is 0 Å². The zero-order chi connectivity index (χ0) is 13.1. The molecule has 0 unspecified atom stereocenters. The average Bonchev–Trinajstić information content (AvgIpc) is 2.29. The molecule has 0 aromatic heterocycles. The summed E-state index contributed by atoms with van der Waals surface area (Å²) in [7, 11) is 0. The van der Waals surface area contributed by atoms with Crippen LogP contribution < -0.4 is 5.73 Å². The van der Waals surface area contributed by atoms with E-state index in [2.05, 4.69) is 4.74 Å². The van der Waals surface area contributed by atoms with Gasteiger partial charge in [0.25, 0.3) is 0 Å². The number of nitrogens with zero attached hydrogens (tertiary/aromatic N) is 1. The van der Waals surface area contributed by atoms with Crippen molar-refractivity contribution >= 4 is 11.7 Å². The smallest absolute Gasteiger partial charge is 0.382 e. The third-order valence-corrected chi connectivity index (χ3v) is 2.10. The van der Waals surface area contributed by atoms with E-state index in [0.717, 1.165) is 6.07 Å². The van der Waals surface area contributed by atoms with Gasteiger partial charge in [-0.25, -0.2) is 4.79 Å². The molecule has 0 bridgehead atoms. The first-order valence-corrected chi connectivity index (χ1v) is 4.79. The monoisotopic (exact) mass is 240 g/mol. The van der Waals surface area contributed by atoms with Gasteiger partial charge in [0.05, 0.1) is 23.4 Å². The van der Waals surface area contributed by atoms with Crippen molar-refractivity contribution in [3.8, 4) is 6.07 Å². The van der Waals surface area contributed by atoms with Crippen LogP contribution in [0.5, 0.6) is 0 Å². The number of alkyl halides is 2. The molecule has 0 aliphatic heterocycles. The topological polar surface area (TPSA) is 76.1 Å². The van der Waals surface area contributed by atoms with Gasteiger partial charge in [-0.15, -0.1) is 0 Å². The zero-order valence-electron chi connectivity index (χ0n) is 9.04. The molecule has 0 spiro atoms. The fraction of sp³-hybridized carbons (Fsp3) is 0.273. The molecule has 1 rings (SSSR count). The van der Waals surface area contributed by atoms with Gasteiger partial charge in [-0.2, -0.15) is 14.0 Å². The highest BCUT2D eigenvalue weighted by Crippen LogP contribution is 2.34. The molecule has 4 nitrogen and oxygen atoms in total. The molecule has 0 fully saturated rings. The van der Waals surface area contributed by atoms with Gasteiger partial charge < -0.3 is 10.5 Å². The predicted octanol–water partition coefficient (Wildman–Crippen LogP) is 1.80. The van der Waals surface area contributed by atoms with E-state index in [-0.39, 0.29) is 12.2 Å². The summed E-state index contributed by atoms with van der Waals surface area (Å²) >= 11 is 0. The van der Waals surface area contributed by atoms with Crippen molar-refractivity contribution in [2.45, 2.75) is 12.8 Å². The van der Waals surface area contributed by atoms with Crippen molar-refractivity contribution < 1.29 is 18.3 Å². The molecule has 0 amide bonds. The van der Waals surface area contributed by atoms with Crippen LogP contribution in [0.15, 0.2) is 18.2 Å². The largest absolute Gasteiger partial charge is 0.461 e. The normalized spacial score (nSPS) is 10.7. The highest BCUT2D eigenvalue weighted by molar-refractivity contribution is 5.82. The minimum absolute atomic E-state index is 0.105. The molecule has 90 valence electrons. The first kappa shape index (κ1) is 12.9. The first-order valence-electron chi connectivity index (χ1n) is 4.79. The van der Waals surface area contributed by atoms with Crippen LogP contribution in [0.2, 0.25) is 0 Å². The van der Waals surface area contributed by atoms with Gasteiger partial charge in [0.2, 0.25) is 0 Å². The molecule has 17 heavy (non-hydrogen) atoms. The summed E-state index contributed by atoms with van der Waals surface area (Å²) in [6, 6.07) is 5.19. The second kappa shape index (κ2) is 4.78. The molecule has 0 heterocycles. The molecule has 2 N–H and O–H groups in total. The minimum Gasteiger partial charge on any atom is -0.461 e. The van der Waals surface area contributed by atoms with E-state index in [1.165, 1.54) is 19.1 Å². The summed E-state index contributed by atoms with van der Waals surface area (Å²) in [6.45, 7) is 1.26. The third kappa shape index (κ3) is 2.33. The van der Waals surface area contributed by atoms with Crippen LogP contribution in [0.4, 0.5) is 14.5 Å². The number of nitrogen functional groups attached to an aromatic ring is 1. The van der Waals surface area contributed by atoms with E-state index < -0.39 is 23.1 Å². The molecule has 0 saturated carbocycles. The summed E-state index contributed by atoms with van der Waals surface area (Å²) in [6.07, 6.45) is 0. The number of halogens is 2. The van der Waals surface area contributed by atoms with Crippen LogP contribution in [0.3, 0.4) is 0 Å². The van der Waals surface area contributed by atoms with Crippen LogP contribution in [-0.2, 0) is 15.5 Å². The number of anilines is 1. The zero-order valence-corrected chi connectivity index (χ0v) is 9.04. The Morgan fingerprint density at radius 1 is 1.59 bits per heavy atom. The van der Waals surface area contributed by atoms with E-state index >= 15 is 0 Å². The number of rotatable bonds is 3. The maximum Gasteiger partial charge on any atom is 0.382 e. The lowest BCUT2D eigenvalue weighted by atomic mass is 10.0. The maximum absolute atomic E-state index is 13.6. The lowest BCUT2D eigenvalue weighted by Gasteiger charge is -2.17. The second-order valence-corrected chi connectivity index (χ2v) is 3.17. The van der Waals surface area contributed by atoms with Crippen molar-refractivity contribution in [1.29, 1.82) is 5.26 Å². The number of benzene rings is 1. The highest BCUT2D eigenvalue weighted by atomic mass is 19.3. The van der Waals surface area contributed by atoms with Crippen LogP contribution in [-0.4, -0.2) is 12.6 Å². The van der Waals surface area contributed by atoms with Gasteiger partial charge in [-0.05, 0) is 13.0 Å². The molecular weight excluding hydrogens is 230 g/mol. The Kier molecular flexibility index (Phi) is 3.63. The number of carbonyl (C=O) groups is 1. The van der Waals surface area contributed by atoms with E-state index in [0.29, 0.717) is 0 Å². The fourth-order valence-corrected chi connectivity index (χ4v) is 1.27. The molecule has 0 atom stereocenters. The van der Waals surface area contributed by atoms with Crippen molar-refractivity contribution in [3.05, 3.63) is 29.3 Å². The van der Waals surface area contributed by atoms with E-state index in [1.54, 1.807) is 6.07 Å². The van der Waals surface area contributed by atoms with E-state index in [4.69, 9.17) is 11.0 Å². The third-order valence-electron chi connectivity index (χ3n) is 2.10. The Morgan fingerprint density at radius 2 is 2.24 bits per heavy atom. The summed E-state index contributed by atoms with van der Waals surface area (Å²) in [5, 5.41) is 8.66. The molecule has 0 aliphatic rings. The summed E-state index contributed by atoms with van der Waals surface area (Å²) in [5.41, 5.74) is 4.18. The summed E-state index contributed by atoms with van der Waals surface area (Å²) in [4.78, 5) is 11.1. The Morgan fingerprint density at radius 3 is 2.76 bits per heavy atom. The molecular formula is C11H10F2N2O2. The van der Waals surface area contributed by atoms with Gasteiger partial charge >= 0.3 is 11.9 Å². The molecule has 6 heteroatoms. The lowest BCUT2D eigenvalue weighted by Crippen LogP contribution is -2.29. The Labute approximate surface area is 96.6 Å². The van der Waals surface area contributed by atoms with Gasteiger partial charge in [0.15, 0.2) is 0 Å². The number of nitriles is 1. The maximum atomic E-state index is 13.6. The predicted molar refractivity (Wildman–Crippen MR) is 56.1 cm³/mol. The van der Waals surface area contributed by atoms with Crippen molar-refractivity contribution in [2.75, 3.05) is 12.3 Å². The number of nitrogens with two attached hydrogens (primary N) is 1. The SMILES string of the molecule is CCOC(=O)C(F)(F)c1cccc(C#N)c1N. The van der Waals surface area contributed by atoms with Crippen LogP contribution in [0.25, 0.3) is 0 Å². The lowest BCUT2D eigenvalue weighted by molar-refractivity contribution is -0.173. The molecule has 0 aliphatic carbocycles. The second-order valence-electron chi connectivity index (χ2n) is 3.17. The van der Waals surface area contributed by atoms with Gasteiger partial charge in [0, 0.05) is 0 Å². The Hall–Kier alpha value is -2.16. The molecule has 0 saturated heterocycles. The van der Waals surface area contributed by atoms with Crippen LogP contribution >= 0.6 is 0 Å². The van der Waals surface area contributed by atoms with Gasteiger partial charge in [-0.1, -0.05) is 12.1 Å². The van der Waals surface area contributed by atoms with Gasteiger partial charge in [-0.3, -0.25) is 0 Å². The molecule has 1 aromatic carbocycles. The molecule has 0 radical (unpaired) electrons. The number of hydrogen-bond donors (Lipinski definition) is 1. The number of para-hydroxylation sites is 1. The van der Waals surface area contributed by atoms with Crippen LogP contribution in [0.1, 0.15) is 18.1 Å². The summed E-state index contributed by atoms with van der Waals surface area (Å²) in [5.74, 6) is -5.53. The quantitative estimate of drug-likeness (QED) is 0.645. The standard InChI is InChI=1S/C11H10F2N2O2/c1-2-17-10(16)11(12,13)8-5-3-4-7(6-14)9(8)15/h3-5H,2,15H2,1H3. The highest BCUT2D eigenvalue weighted by Gasteiger charge is 2.44. The minimum atomic E-state index is -3.85. The number of hydrogen-bond acceptors (Lipinski definition) is 4. The van der Waals surface area contributed by atoms with Crippen LogP contribution in [0, 0.1) is 11.3 Å².